The molecule has 8 nitrogen and oxygen atoms in total. The summed E-state index contributed by atoms with van der Waals surface area (Å²) in [6, 6.07) is 30.8. The average molecular weight is 577 g/mol. The maximum absolute atomic E-state index is 14.0. The van der Waals surface area contributed by atoms with Gasteiger partial charge in [-0.15, -0.1) is 0 Å². The van der Waals surface area contributed by atoms with Crippen LogP contribution >= 0.6 is 0 Å². The van der Waals surface area contributed by atoms with Gasteiger partial charge >= 0.3 is 0 Å². The van der Waals surface area contributed by atoms with E-state index < -0.39 is 26.8 Å². The first-order chi connectivity index (χ1) is 19.8. The van der Waals surface area contributed by atoms with E-state index in [0.29, 0.717) is 17.1 Å². The largest absolute Gasteiger partial charge is 0.493 e. The maximum Gasteiger partial charge on any atom is 0.222 e. The van der Waals surface area contributed by atoms with Crippen molar-refractivity contribution in [2.45, 2.75) is 29.8 Å². The molecule has 9 heteroatoms. The van der Waals surface area contributed by atoms with Crippen molar-refractivity contribution in [1.82, 2.24) is 0 Å². The number of para-hydroxylation sites is 1. The zero-order valence-corrected chi connectivity index (χ0v) is 24.0. The second kappa shape index (κ2) is 13.2. The molecule has 0 amide bonds. The highest BCUT2D eigenvalue weighted by molar-refractivity contribution is 7.90. The van der Waals surface area contributed by atoms with Crippen molar-refractivity contribution in [2.75, 3.05) is 20.8 Å². The van der Waals surface area contributed by atoms with E-state index in [2.05, 4.69) is 0 Å². The molecule has 5 N–H and O–H groups in total. The molecule has 3 atom stereocenters. The van der Waals surface area contributed by atoms with Crippen LogP contribution in [0.1, 0.15) is 28.2 Å². The third-order valence-electron chi connectivity index (χ3n) is 7.34. The summed E-state index contributed by atoms with van der Waals surface area (Å²) in [7, 11) is -1.56. The number of primary sulfonamides is 1. The van der Waals surface area contributed by atoms with Gasteiger partial charge in [0, 0.05) is 18.0 Å². The Bertz CT molecular complexity index is 1530. The van der Waals surface area contributed by atoms with Crippen LogP contribution in [-0.4, -0.2) is 40.4 Å². The predicted molar refractivity (Wildman–Crippen MR) is 159 cm³/mol. The second-order valence-corrected chi connectivity index (χ2v) is 11.5. The first kappa shape index (κ1) is 30.1. The fourth-order valence-corrected chi connectivity index (χ4v) is 6.97. The van der Waals surface area contributed by atoms with Crippen LogP contribution < -0.4 is 25.1 Å². The molecule has 0 radical (unpaired) electrons. The molecule has 4 aromatic rings. The topological polar surface area (TPSA) is 134 Å². The van der Waals surface area contributed by atoms with Crippen LogP contribution in [0.15, 0.2) is 103 Å². The van der Waals surface area contributed by atoms with E-state index in [1.165, 1.54) is 14.2 Å². The van der Waals surface area contributed by atoms with Crippen molar-refractivity contribution >= 4 is 10.0 Å². The highest BCUT2D eigenvalue weighted by atomic mass is 32.2. The fourth-order valence-electron chi connectivity index (χ4n) is 5.40. The van der Waals surface area contributed by atoms with Gasteiger partial charge in [0.15, 0.2) is 11.5 Å². The van der Waals surface area contributed by atoms with E-state index in [1.54, 1.807) is 42.5 Å². The average Bonchev–Trinajstić information content (AvgIpc) is 3.00. The SMILES string of the molecule is COc1ccc(C(Cc2ccccc2)C(c2ccccc2OCc2ccccc2)(C(O)CN)S(N)(=O)=O)cc1OC. The highest BCUT2D eigenvalue weighted by Crippen LogP contribution is 2.51. The van der Waals surface area contributed by atoms with Crippen LogP contribution in [0.4, 0.5) is 0 Å². The number of nitrogens with two attached hydrogens (primary N) is 2. The first-order valence-corrected chi connectivity index (χ1v) is 14.7. The molecule has 0 bridgehead atoms. The van der Waals surface area contributed by atoms with E-state index in [-0.39, 0.29) is 30.9 Å². The molecule has 0 aliphatic carbocycles. The minimum atomic E-state index is -4.58. The lowest BCUT2D eigenvalue weighted by Crippen LogP contribution is -2.57. The predicted octanol–water partition coefficient (Wildman–Crippen LogP) is 4.11. The van der Waals surface area contributed by atoms with Crippen molar-refractivity contribution in [1.29, 1.82) is 0 Å². The third-order valence-corrected chi connectivity index (χ3v) is 9.06. The molecule has 0 saturated heterocycles. The summed E-state index contributed by atoms with van der Waals surface area (Å²) in [5.41, 5.74) is 8.57. The number of ether oxygens (including phenoxy) is 3. The Kier molecular flexibility index (Phi) is 9.67. The molecule has 0 spiro atoms. The van der Waals surface area contributed by atoms with Gasteiger partial charge in [-0.3, -0.25) is 0 Å². The fraction of sp³-hybridized carbons (Fsp3) is 0.250. The number of hydrogen-bond donors (Lipinski definition) is 3. The Morgan fingerprint density at radius 1 is 0.780 bits per heavy atom. The summed E-state index contributed by atoms with van der Waals surface area (Å²) in [6.45, 7) is -0.195. The van der Waals surface area contributed by atoms with Gasteiger partial charge in [0.2, 0.25) is 10.0 Å². The molecule has 3 unspecified atom stereocenters. The molecule has 4 aromatic carbocycles. The number of hydrogen-bond acceptors (Lipinski definition) is 7. The molecule has 0 aliphatic heterocycles. The molecule has 0 aromatic heterocycles. The number of rotatable bonds is 13. The zero-order valence-electron chi connectivity index (χ0n) is 23.1. The van der Waals surface area contributed by atoms with Gasteiger partial charge in [-0.1, -0.05) is 84.9 Å². The van der Waals surface area contributed by atoms with Crippen LogP contribution in [-0.2, 0) is 27.8 Å². The van der Waals surface area contributed by atoms with Crippen LogP contribution in [0.2, 0.25) is 0 Å². The van der Waals surface area contributed by atoms with E-state index in [4.69, 9.17) is 25.1 Å². The summed E-state index contributed by atoms with van der Waals surface area (Å²) in [5, 5.41) is 17.9. The van der Waals surface area contributed by atoms with Crippen molar-refractivity contribution in [3.05, 3.63) is 125 Å². The maximum atomic E-state index is 14.0. The van der Waals surface area contributed by atoms with Gasteiger partial charge in [-0.05, 0) is 41.3 Å². The minimum absolute atomic E-state index is 0.178. The van der Waals surface area contributed by atoms with Crippen molar-refractivity contribution in [2.24, 2.45) is 10.9 Å². The molecule has 0 aliphatic rings. The summed E-state index contributed by atoms with van der Waals surface area (Å²) in [6.07, 6.45) is -1.39. The molecule has 4 rings (SSSR count). The van der Waals surface area contributed by atoms with Crippen LogP contribution in [0, 0.1) is 0 Å². The smallest absolute Gasteiger partial charge is 0.222 e. The molecule has 216 valence electrons. The van der Waals surface area contributed by atoms with E-state index in [9.17, 15) is 13.5 Å². The van der Waals surface area contributed by atoms with Crippen molar-refractivity contribution in [3.8, 4) is 17.2 Å². The molecular weight excluding hydrogens is 540 g/mol. The number of aliphatic hydroxyl groups is 1. The molecule has 0 fully saturated rings. The standard InChI is InChI=1S/C32H36N2O6S/c1-38-29-18-17-25(20-30(29)39-2)27(19-23-11-5-3-6-12-23)32(31(35)21-33,41(34,36)37)26-15-9-10-16-28(26)40-22-24-13-7-4-8-14-24/h3-18,20,27,31,35H,19,21-22,33H2,1-2H3,(H2,34,36,37). The van der Waals surface area contributed by atoms with E-state index in [0.717, 1.165) is 11.1 Å². The van der Waals surface area contributed by atoms with Crippen LogP contribution in [0.3, 0.4) is 0 Å². The lowest BCUT2D eigenvalue weighted by molar-refractivity contribution is 0.111. The Balaban J connectivity index is 2.00. The third kappa shape index (κ3) is 6.23. The molecule has 0 saturated carbocycles. The molecule has 41 heavy (non-hydrogen) atoms. The Hall–Kier alpha value is -3.89. The van der Waals surface area contributed by atoms with Crippen LogP contribution in [0.25, 0.3) is 0 Å². The molecule has 0 heterocycles. The Morgan fingerprint density at radius 3 is 1.95 bits per heavy atom. The van der Waals surface area contributed by atoms with Gasteiger partial charge < -0.3 is 25.1 Å². The summed E-state index contributed by atoms with van der Waals surface area (Å²) >= 11 is 0. The van der Waals surface area contributed by atoms with E-state index in [1.807, 2.05) is 60.7 Å². The number of sulfonamides is 1. The van der Waals surface area contributed by atoms with Crippen molar-refractivity contribution in [3.63, 3.8) is 0 Å². The van der Waals surface area contributed by atoms with Crippen LogP contribution in [0.5, 0.6) is 17.2 Å². The van der Waals surface area contributed by atoms with E-state index >= 15 is 0 Å². The number of benzene rings is 4. The number of aliphatic hydroxyl groups excluding tert-OH is 1. The van der Waals surface area contributed by atoms with Gasteiger partial charge in [-0.2, -0.15) is 0 Å². The number of methoxy groups -OCH3 is 2. The zero-order chi connectivity index (χ0) is 29.5. The lowest BCUT2D eigenvalue weighted by Gasteiger charge is -2.43. The summed E-state index contributed by atoms with van der Waals surface area (Å²) in [4.78, 5) is 0. The second-order valence-electron chi connectivity index (χ2n) is 9.72. The summed E-state index contributed by atoms with van der Waals surface area (Å²) < 4.78 is 43.1. The monoisotopic (exact) mass is 576 g/mol. The van der Waals surface area contributed by atoms with Gasteiger partial charge in [0.05, 0.1) is 20.3 Å². The minimum Gasteiger partial charge on any atom is -0.493 e. The quantitative estimate of drug-likeness (QED) is 0.218. The Morgan fingerprint density at radius 2 is 1.37 bits per heavy atom. The lowest BCUT2D eigenvalue weighted by atomic mass is 9.73. The van der Waals surface area contributed by atoms with Gasteiger partial charge in [0.1, 0.15) is 17.1 Å². The van der Waals surface area contributed by atoms with Crippen molar-refractivity contribution < 1.29 is 27.7 Å². The van der Waals surface area contributed by atoms with Gasteiger partial charge in [-0.25, -0.2) is 13.6 Å². The first-order valence-electron chi connectivity index (χ1n) is 13.2. The summed E-state index contributed by atoms with van der Waals surface area (Å²) in [5.74, 6) is 0.236. The molecular formula is C32H36N2O6S. The van der Waals surface area contributed by atoms with Gasteiger partial charge in [0.25, 0.3) is 0 Å². The normalized spacial score (nSPS) is 14.5. The Labute approximate surface area is 241 Å². The highest BCUT2D eigenvalue weighted by Gasteiger charge is 2.57.